The molecule has 3 amide bonds. The normalized spacial score (nSPS) is 21.2. The minimum atomic E-state index is -0.686. The Morgan fingerprint density at radius 1 is 0.836 bits per heavy atom. The van der Waals surface area contributed by atoms with Gasteiger partial charge in [0.05, 0.1) is 28.0 Å². The highest BCUT2D eigenvalue weighted by molar-refractivity contribution is 6.01. The molecule has 4 aliphatic rings. The number of H-pyrrole nitrogens is 1. The van der Waals surface area contributed by atoms with Crippen LogP contribution in [-0.2, 0) is 23.1 Å². The number of rotatable bonds is 7. The summed E-state index contributed by atoms with van der Waals surface area (Å²) in [5, 5.41) is 5.41. The summed E-state index contributed by atoms with van der Waals surface area (Å²) < 4.78 is 3.22. The second-order valence-corrected chi connectivity index (χ2v) is 15.7. The third-order valence-electron chi connectivity index (χ3n) is 12.1. The van der Waals surface area contributed by atoms with Gasteiger partial charge in [-0.3, -0.25) is 38.7 Å². The zero-order valence-corrected chi connectivity index (χ0v) is 31.4. The molecule has 0 saturated carbocycles. The highest BCUT2D eigenvalue weighted by Crippen LogP contribution is 2.33. The van der Waals surface area contributed by atoms with E-state index in [4.69, 9.17) is 0 Å². The Morgan fingerprint density at radius 2 is 1.62 bits per heavy atom. The van der Waals surface area contributed by atoms with Crippen LogP contribution in [0.3, 0.4) is 0 Å². The summed E-state index contributed by atoms with van der Waals surface area (Å²) in [6.07, 6.45) is 5.34. The number of nitrogens with one attached hydrogen (secondary N) is 3. The van der Waals surface area contributed by atoms with Gasteiger partial charge in [0.1, 0.15) is 6.04 Å². The Bertz CT molecular complexity index is 2340. The van der Waals surface area contributed by atoms with Crippen LogP contribution in [0.2, 0.25) is 0 Å². The van der Waals surface area contributed by atoms with Crippen molar-refractivity contribution in [2.45, 2.75) is 51.1 Å². The van der Waals surface area contributed by atoms with E-state index in [1.54, 1.807) is 16.2 Å². The molecular weight excluding hydrogens is 695 g/mol. The van der Waals surface area contributed by atoms with E-state index in [-0.39, 0.29) is 30.0 Å². The van der Waals surface area contributed by atoms with E-state index in [1.807, 2.05) is 37.4 Å². The molecule has 4 aliphatic heterocycles. The first kappa shape index (κ1) is 35.0. The van der Waals surface area contributed by atoms with E-state index in [0.717, 1.165) is 116 Å². The summed E-state index contributed by atoms with van der Waals surface area (Å²) in [7, 11) is 1.77. The number of fused-ring (bicyclic) bond motifs is 2. The Morgan fingerprint density at radius 3 is 2.38 bits per heavy atom. The predicted molar refractivity (Wildman–Crippen MR) is 212 cm³/mol. The zero-order valence-electron chi connectivity index (χ0n) is 31.4. The summed E-state index contributed by atoms with van der Waals surface area (Å²) in [5.41, 5.74) is 9.20. The largest absolute Gasteiger partial charge is 0.370 e. The number of carbonyl (C=O) groups excluding carboxylic acids is 3. The van der Waals surface area contributed by atoms with Gasteiger partial charge in [-0.2, -0.15) is 0 Å². The van der Waals surface area contributed by atoms with E-state index in [0.29, 0.717) is 12.3 Å². The van der Waals surface area contributed by atoms with Crippen molar-refractivity contribution in [2.75, 3.05) is 55.6 Å². The number of aryl methyl sites for hydroxylation is 1. The molecule has 3 fully saturated rings. The summed E-state index contributed by atoms with van der Waals surface area (Å²) in [6, 6.07) is 20.1. The number of pyridine rings is 1. The van der Waals surface area contributed by atoms with Gasteiger partial charge >= 0.3 is 5.69 Å². The molecule has 284 valence electrons. The smallest absolute Gasteiger partial charge is 0.329 e. The van der Waals surface area contributed by atoms with Gasteiger partial charge in [0.15, 0.2) is 0 Å². The third-order valence-corrected chi connectivity index (χ3v) is 12.1. The van der Waals surface area contributed by atoms with Gasteiger partial charge in [0.2, 0.25) is 11.8 Å². The molecule has 0 aliphatic carbocycles. The molecule has 0 bridgehead atoms. The second-order valence-electron chi connectivity index (χ2n) is 15.7. The number of amides is 3. The molecule has 0 spiro atoms. The van der Waals surface area contributed by atoms with Gasteiger partial charge in [-0.1, -0.05) is 18.2 Å². The molecule has 7 heterocycles. The SMILES string of the molecule is C[C@@H]1Cc2[nH]c(-c3ccnc(-c4ccc(N5CCN(CC6CCN(c7cccc8c7n(C)c(=O)n8C7CCC(=O)NC7=O)CC6)CC5)cc4)c3)cc2C(=O)N1. The van der Waals surface area contributed by atoms with E-state index < -0.39 is 11.9 Å². The topological polar surface area (TPSA) is 141 Å². The lowest BCUT2D eigenvalue weighted by atomic mass is 9.95. The molecule has 3 saturated heterocycles. The van der Waals surface area contributed by atoms with Crippen LogP contribution in [0.5, 0.6) is 0 Å². The highest BCUT2D eigenvalue weighted by Gasteiger charge is 2.33. The Hall–Kier alpha value is -5.69. The molecule has 9 rings (SSSR count). The highest BCUT2D eigenvalue weighted by atomic mass is 16.2. The van der Waals surface area contributed by atoms with E-state index in [2.05, 4.69) is 71.7 Å². The minimum Gasteiger partial charge on any atom is -0.370 e. The number of hydrogen-bond acceptors (Lipinski definition) is 8. The number of piperidine rings is 2. The van der Waals surface area contributed by atoms with Crippen LogP contribution in [0.25, 0.3) is 33.5 Å². The number of nitrogens with zero attached hydrogens (tertiary/aromatic N) is 6. The lowest BCUT2D eigenvalue weighted by Crippen LogP contribution is -2.49. The average molecular weight is 742 g/mol. The Kier molecular flexibility index (Phi) is 9.04. The summed E-state index contributed by atoms with van der Waals surface area (Å²) in [6.45, 7) is 8.95. The fraction of sp³-hybridized carbons (Fsp3) is 0.405. The molecule has 13 heteroatoms. The van der Waals surface area contributed by atoms with Crippen molar-refractivity contribution in [3.05, 3.63) is 88.6 Å². The zero-order chi connectivity index (χ0) is 37.8. The maximum Gasteiger partial charge on any atom is 0.329 e. The average Bonchev–Trinajstić information content (AvgIpc) is 3.74. The van der Waals surface area contributed by atoms with Crippen molar-refractivity contribution < 1.29 is 14.4 Å². The number of benzene rings is 2. The number of imide groups is 1. The van der Waals surface area contributed by atoms with Gasteiger partial charge in [0.25, 0.3) is 5.91 Å². The molecule has 2 aromatic carbocycles. The number of aromatic amines is 1. The number of aromatic nitrogens is 4. The molecule has 0 radical (unpaired) electrons. The molecular formula is C42H47N9O4. The quantitative estimate of drug-likeness (QED) is 0.212. The molecule has 3 N–H and O–H groups in total. The van der Waals surface area contributed by atoms with E-state index in [9.17, 15) is 19.2 Å². The summed E-state index contributed by atoms with van der Waals surface area (Å²) >= 11 is 0. The Labute approximate surface area is 319 Å². The number of hydrogen-bond donors (Lipinski definition) is 3. The van der Waals surface area contributed by atoms with Crippen LogP contribution in [0.15, 0.2) is 71.7 Å². The number of imidazole rings is 1. The van der Waals surface area contributed by atoms with Crippen molar-refractivity contribution in [1.82, 2.24) is 34.6 Å². The number of para-hydroxylation sites is 1. The Balaban J connectivity index is 0.793. The number of anilines is 2. The first-order chi connectivity index (χ1) is 26.7. The van der Waals surface area contributed by atoms with Crippen molar-refractivity contribution in [3.63, 3.8) is 0 Å². The minimum absolute atomic E-state index is 0.0218. The fourth-order valence-corrected chi connectivity index (χ4v) is 9.09. The van der Waals surface area contributed by atoms with Gasteiger partial charge in [0, 0.05) is 106 Å². The van der Waals surface area contributed by atoms with Crippen molar-refractivity contribution in [3.8, 4) is 22.5 Å². The molecule has 3 aromatic heterocycles. The predicted octanol–water partition coefficient (Wildman–Crippen LogP) is 4.09. The maximum absolute atomic E-state index is 13.4. The van der Waals surface area contributed by atoms with Gasteiger partial charge in [-0.05, 0) is 74.6 Å². The van der Waals surface area contributed by atoms with Crippen molar-refractivity contribution in [2.24, 2.45) is 13.0 Å². The molecule has 2 atom stereocenters. The van der Waals surface area contributed by atoms with Crippen LogP contribution in [0, 0.1) is 5.92 Å². The molecule has 1 unspecified atom stereocenters. The van der Waals surface area contributed by atoms with Gasteiger partial charge in [-0.25, -0.2) is 4.79 Å². The van der Waals surface area contributed by atoms with Crippen LogP contribution < -0.4 is 26.1 Å². The molecule has 13 nitrogen and oxygen atoms in total. The first-order valence-corrected chi connectivity index (χ1v) is 19.6. The molecule has 5 aromatic rings. The standard InChI is InChI=1S/C42H47N9O4/c1-26-22-34-31(40(53)44-26)24-33(45-34)29-12-15-43-32(23-29)28-6-8-30(9-7-28)49-20-18-48(19-21-49)25-27-13-16-50(17-14-27)35-4-3-5-36-39(35)47(2)42(55)51(36)37-10-11-38(52)46-41(37)54/h3-9,12,15,23-24,26-27,37,45H,10-11,13-14,16-22,25H2,1-2H3,(H,44,53)(H,46,52,54)/t26-,37?/m1/s1. The number of carbonyl (C=O) groups is 3. The lowest BCUT2D eigenvalue weighted by Gasteiger charge is -2.40. The first-order valence-electron chi connectivity index (χ1n) is 19.6. The van der Waals surface area contributed by atoms with Crippen LogP contribution >= 0.6 is 0 Å². The molecule has 55 heavy (non-hydrogen) atoms. The second kappa shape index (κ2) is 14.2. The van der Waals surface area contributed by atoms with Crippen LogP contribution in [0.1, 0.15) is 54.7 Å². The van der Waals surface area contributed by atoms with Crippen LogP contribution in [0.4, 0.5) is 11.4 Å². The fourth-order valence-electron chi connectivity index (χ4n) is 9.09. The van der Waals surface area contributed by atoms with Gasteiger partial charge in [-0.15, -0.1) is 0 Å². The van der Waals surface area contributed by atoms with Crippen molar-refractivity contribution in [1.29, 1.82) is 0 Å². The lowest BCUT2D eigenvalue weighted by molar-refractivity contribution is -0.135. The van der Waals surface area contributed by atoms with E-state index in [1.165, 1.54) is 5.69 Å². The van der Waals surface area contributed by atoms with Crippen molar-refractivity contribution >= 4 is 40.1 Å². The summed E-state index contributed by atoms with van der Waals surface area (Å²) in [4.78, 5) is 66.0. The van der Waals surface area contributed by atoms with Crippen LogP contribution in [-0.4, -0.2) is 93.6 Å². The third kappa shape index (κ3) is 6.60. The van der Waals surface area contributed by atoms with E-state index >= 15 is 0 Å². The number of piperazine rings is 1. The monoisotopic (exact) mass is 741 g/mol. The summed E-state index contributed by atoms with van der Waals surface area (Å²) in [5.74, 6) is -0.112. The maximum atomic E-state index is 13.4. The van der Waals surface area contributed by atoms with Gasteiger partial charge < -0.3 is 20.1 Å².